The van der Waals surface area contributed by atoms with E-state index in [1.807, 2.05) is 0 Å². The first kappa shape index (κ1) is 15.7. The van der Waals surface area contributed by atoms with Gasteiger partial charge >= 0.3 is 0 Å². The summed E-state index contributed by atoms with van der Waals surface area (Å²) in [5, 5.41) is 0. The summed E-state index contributed by atoms with van der Waals surface area (Å²) >= 11 is 3.18. The quantitative estimate of drug-likeness (QED) is 0.806. The SMILES string of the molecule is CNS(=O)(=O)c1ccc(Oc2ccc(F)cc2Br)cc1N. The number of anilines is 1. The Bertz CT molecular complexity index is 781. The van der Waals surface area contributed by atoms with Gasteiger partial charge in [0.2, 0.25) is 10.0 Å². The van der Waals surface area contributed by atoms with E-state index in [0.29, 0.717) is 16.0 Å². The molecular weight excluding hydrogens is 363 g/mol. The molecule has 0 aliphatic carbocycles. The van der Waals surface area contributed by atoms with Crippen molar-refractivity contribution in [3.05, 3.63) is 46.7 Å². The molecule has 0 amide bonds. The van der Waals surface area contributed by atoms with E-state index < -0.39 is 15.8 Å². The lowest BCUT2D eigenvalue weighted by atomic mass is 10.3. The first-order valence-corrected chi connectivity index (χ1v) is 8.07. The van der Waals surface area contributed by atoms with Crippen molar-refractivity contribution >= 4 is 31.6 Å². The van der Waals surface area contributed by atoms with Crippen LogP contribution in [-0.2, 0) is 10.0 Å². The number of nitrogens with two attached hydrogens (primary N) is 1. The van der Waals surface area contributed by atoms with Crippen LogP contribution in [0.2, 0.25) is 0 Å². The molecule has 0 aromatic heterocycles. The van der Waals surface area contributed by atoms with Crippen LogP contribution in [0.3, 0.4) is 0 Å². The number of halogens is 2. The Morgan fingerprint density at radius 1 is 1.24 bits per heavy atom. The second-order valence-electron chi connectivity index (χ2n) is 4.08. The van der Waals surface area contributed by atoms with E-state index in [4.69, 9.17) is 10.5 Å². The Morgan fingerprint density at radius 3 is 2.52 bits per heavy atom. The Kier molecular flexibility index (Phi) is 4.50. The van der Waals surface area contributed by atoms with Gasteiger partial charge in [-0.15, -0.1) is 0 Å². The van der Waals surface area contributed by atoms with E-state index in [0.717, 1.165) is 0 Å². The topological polar surface area (TPSA) is 81.4 Å². The van der Waals surface area contributed by atoms with Gasteiger partial charge in [-0.25, -0.2) is 17.5 Å². The highest BCUT2D eigenvalue weighted by Gasteiger charge is 2.16. The average molecular weight is 375 g/mol. The number of rotatable bonds is 4. The van der Waals surface area contributed by atoms with E-state index in [-0.39, 0.29) is 10.6 Å². The van der Waals surface area contributed by atoms with Crippen LogP contribution in [0.25, 0.3) is 0 Å². The molecule has 0 aliphatic heterocycles. The van der Waals surface area contributed by atoms with Crippen molar-refractivity contribution in [3.63, 3.8) is 0 Å². The molecule has 5 nitrogen and oxygen atoms in total. The second kappa shape index (κ2) is 6.00. The number of nitrogens with one attached hydrogen (secondary N) is 1. The maximum atomic E-state index is 13.0. The minimum absolute atomic E-state index is 0.0319. The third kappa shape index (κ3) is 3.52. The molecule has 0 saturated carbocycles. The molecule has 2 aromatic carbocycles. The molecule has 0 bridgehead atoms. The van der Waals surface area contributed by atoms with Crippen molar-refractivity contribution in [2.24, 2.45) is 0 Å². The maximum Gasteiger partial charge on any atom is 0.242 e. The molecule has 3 N–H and O–H groups in total. The molecule has 0 unspecified atom stereocenters. The number of hydrogen-bond donors (Lipinski definition) is 2. The number of sulfonamides is 1. The molecule has 2 rings (SSSR count). The van der Waals surface area contributed by atoms with Gasteiger partial charge in [0.15, 0.2) is 0 Å². The molecule has 0 radical (unpaired) electrons. The summed E-state index contributed by atoms with van der Waals surface area (Å²) < 4.78 is 44.6. The van der Waals surface area contributed by atoms with Crippen molar-refractivity contribution in [2.75, 3.05) is 12.8 Å². The van der Waals surface area contributed by atoms with Gasteiger partial charge in [-0.3, -0.25) is 0 Å². The molecule has 0 spiro atoms. The largest absolute Gasteiger partial charge is 0.456 e. The zero-order valence-electron chi connectivity index (χ0n) is 10.9. The molecule has 21 heavy (non-hydrogen) atoms. The van der Waals surface area contributed by atoms with Gasteiger partial charge in [0.25, 0.3) is 0 Å². The Balaban J connectivity index is 2.33. The molecular formula is C13H12BrFN2O3S. The van der Waals surface area contributed by atoms with Gasteiger partial charge in [-0.1, -0.05) is 0 Å². The summed E-state index contributed by atoms with van der Waals surface area (Å²) in [4.78, 5) is -0.0319. The summed E-state index contributed by atoms with van der Waals surface area (Å²) in [6.07, 6.45) is 0. The zero-order valence-corrected chi connectivity index (χ0v) is 13.3. The van der Waals surface area contributed by atoms with Crippen LogP contribution in [0.4, 0.5) is 10.1 Å². The first-order chi connectivity index (χ1) is 9.83. The lowest BCUT2D eigenvalue weighted by molar-refractivity contribution is 0.477. The molecule has 0 heterocycles. The van der Waals surface area contributed by atoms with Crippen molar-refractivity contribution in [2.45, 2.75) is 4.90 Å². The highest BCUT2D eigenvalue weighted by molar-refractivity contribution is 9.10. The van der Waals surface area contributed by atoms with Crippen LogP contribution in [0.15, 0.2) is 45.8 Å². The summed E-state index contributed by atoms with van der Waals surface area (Å²) in [5.41, 5.74) is 5.78. The monoisotopic (exact) mass is 374 g/mol. The first-order valence-electron chi connectivity index (χ1n) is 5.79. The van der Waals surface area contributed by atoms with E-state index in [9.17, 15) is 12.8 Å². The van der Waals surface area contributed by atoms with Gasteiger partial charge in [-0.2, -0.15) is 0 Å². The smallest absolute Gasteiger partial charge is 0.242 e. The lowest BCUT2D eigenvalue weighted by Gasteiger charge is -2.11. The van der Waals surface area contributed by atoms with Crippen molar-refractivity contribution < 1.29 is 17.5 Å². The highest BCUT2D eigenvalue weighted by atomic mass is 79.9. The Labute approximate surface area is 130 Å². The van der Waals surface area contributed by atoms with E-state index in [2.05, 4.69) is 20.7 Å². The summed E-state index contributed by atoms with van der Waals surface area (Å²) in [5.74, 6) is 0.332. The summed E-state index contributed by atoms with van der Waals surface area (Å²) in [7, 11) is -2.32. The fourth-order valence-corrected chi connectivity index (χ4v) is 2.90. The van der Waals surface area contributed by atoms with E-state index in [1.54, 1.807) is 0 Å². The molecule has 0 saturated heterocycles. The average Bonchev–Trinajstić information content (AvgIpc) is 2.42. The fourth-order valence-electron chi connectivity index (χ4n) is 1.63. The molecule has 2 aromatic rings. The van der Waals surface area contributed by atoms with Gasteiger partial charge < -0.3 is 10.5 Å². The van der Waals surface area contributed by atoms with E-state index in [1.165, 1.54) is 43.4 Å². The van der Waals surface area contributed by atoms with Gasteiger partial charge in [0.1, 0.15) is 22.2 Å². The predicted molar refractivity (Wildman–Crippen MR) is 81.3 cm³/mol. The lowest BCUT2D eigenvalue weighted by Crippen LogP contribution is -2.19. The minimum Gasteiger partial charge on any atom is -0.456 e. The molecule has 0 fully saturated rings. The molecule has 8 heteroatoms. The number of ether oxygens (including phenoxy) is 1. The third-order valence-electron chi connectivity index (χ3n) is 2.66. The second-order valence-corrected chi connectivity index (χ2v) is 6.79. The number of hydrogen-bond acceptors (Lipinski definition) is 4. The minimum atomic E-state index is -3.62. The normalized spacial score (nSPS) is 11.4. The Hall–Kier alpha value is -1.64. The summed E-state index contributed by atoms with van der Waals surface area (Å²) in [6.45, 7) is 0. The van der Waals surface area contributed by atoms with Crippen LogP contribution >= 0.6 is 15.9 Å². The van der Waals surface area contributed by atoms with Crippen LogP contribution in [0, 0.1) is 5.82 Å². The van der Waals surface area contributed by atoms with Crippen LogP contribution in [0.5, 0.6) is 11.5 Å². The maximum absolute atomic E-state index is 13.0. The van der Waals surface area contributed by atoms with Crippen LogP contribution < -0.4 is 15.2 Å². The Morgan fingerprint density at radius 2 is 1.95 bits per heavy atom. The highest BCUT2D eigenvalue weighted by Crippen LogP contribution is 2.32. The zero-order chi connectivity index (χ0) is 15.6. The third-order valence-corrected chi connectivity index (χ3v) is 4.77. The van der Waals surface area contributed by atoms with Crippen molar-refractivity contribution in [1.29, 1.82) is 0 Å². The van der Waals surface area contributed by atoms with Gasteiger partial charge in [-0.05, 0) is 53.3 Å². The molecule has 112 valence electrons. The van der Waals surface area contributed by atoms with Crippen LogP contribution in [0.1, 0.15) is 0 Å². The summed E-state index contributed by atoms with van der Waals surface area (Å²) in [6, 6.07) is 8.17. The van der Waals surface area contributed by atoms with E-state index >= 15 is 0 Å². The van der Waals surface area contributed by atoms with Gasteiger partial charge in [0, 0.05) is 6.07 Å². The standard InChI is InChI=1S/C13H12BrFN2O3S/c1-17-21(18,19)13-5-3-9(7-11(13)16)20-12-4-2-8(15)6-10(12)14/h2-7,17H,16H2,1H3. The van der Waals surface area contributed by atoms with Crippen molar-refractivity contribution in [1.82, 2.24) is 4.72 Å². The fraction of sp³-hybridized carbons (Fsp3) is 0.0769. The number of nitrogen functional groups attached to an aromatic ring is 1. The molecule has 0 aliphatic rings. The van der Waals surface area contributed by atoms with Crippen molar-refractivity contribution in [3.8, 4) is 11.5 Å². The van der Waals surface area contributed by atoms with Gasteiger partial charge in [0.05, 0.1) is 10.2 Å². The number of benzene rings is 2. The molecule has 0 atom stereocenters. The predicted octanol–water partition coefficient (Wildman–Crippen LogP) is 2.87. The van der Waals surface area contributed by atoms with Crippen LogP contribution in [-0.4, -0.2) is 15.5 Å².